The lowest BCUT2D eigenvalue weighted by atomic mass is 9.98. The minimum absolute atomic E-state index is 0.0744. The quantitative estimate of drug-likeness (QED) is 0.351. The molecule has 36 heavy (non-hydrogen) atoms. The fourth-order valence-corrected chi connectivity index (χ4v) is 5.49. The number of Topliss-reactive ketones (excluding diaryl/α,β-unsaturated/α-hetero) is 1. The summed E-state index contributed by atoms with van der Waals surface area (Å²) in [6, 6.07) is 9.22. The van der Waals surface area contributed by atoms with Gasteiger partial charge in [-0.1, -0.05) is 23.5 Å². The fourth-order valence-electron chi connectivity index (χ4n) is 4.50. The average Bonchev–Trinajstić information content (AvgIpc) is 3.40. The number of aryl methyl sites for hydroxylation is 1. The highest BCUT2D eigenvalue weighted by molar-refractivity contribution is 7.17. The predicted molar refractivity (Wildman–Crippen MR) is 134 cm³/mol. The lowest BCUT2D eigenvalue weighted by Crippen LogP contribution is -2.29. The van der Waals surface area contributed by atoms with Gasteiger partial charge in [-0.2, -0.15) is 0 Å². The highest BCUT2D eigenvalue weighted by atomic mass is 32.1. The van der Waals surface area contributed by atoms with Gasteiger partial charge in [0.25, 0.3) is 5.91 Å². The van der Waals surface area contributed by atoms with Gasteiger partial charge in [0.05, 0.1) is 48.9 Å². The molecule has 0 unspecified atom stereocenters. The van der Waals surface area contributed by atoms with E-state index in [1.807, 2.05) is 0 Å². The van der Waals surface area contributed by atoms with Gasteiger partial charge in [-0.25, -0.2) is 4.98 Å². The zero-order valence-electron chi connectivity index (χ0n) is 20.2. The van der Waals surface area contributed by atoms with E-state index < -0.39 is 11.9 Å². The smallest absolute Gasteiger partial charge is 0.297 e. The summed E-state index contributed by atoms with van der Waals surface area (Å²) in [7, 11) is 4.46. The van der Waals surface area contributed by atoms with Crippen LogP contribution < -0.4 is 24.5 Å². The van der Waals surface area contributed by atoms with Crippen molar-refractivity contribution in [2.45, 2.75) is 19.9 Å². The highest BCUT2D eigenvalue weighted by Crippen LogP contribution is 2.47. The Kier molecular flexibility index (Phi) is 5.76. The molecular weight excluding hydrogens is 484 g/mol. The number of ketones is 1. The first-order valence-electron chi connectivity index (χ1n) is 11.0. The largest absolute Gasteiger partial charge is 0.493 e. The van der Waals surface area contributed by atoms with Gasteiger partial charge < -0.3 is 18.6 Å². The molecule has 10 heteroatoms. The lowest BCUT2D eigenvalue weighted by molar-refractivity contribution is 0.0969. The summed E-state index contributed by atoms with van der Waals surface area (Å²) >= 11 is 1.09. The van der Waals surface area contributed by atoms with Crippen molar-refractivity contribution < 1.29 is 28.2 Å². The van der Waals surface area contributed by atoms with Crippen LogP contribution in [-0.2, 0) is 0 Å². The number of carbonyl (C=O) groups is 2. The Morgan fingerprint density at radius 3 is 2.31 bits per heavy atom. The van der Waals surface area contributed by atoms with Crippen molar-refractivity contribution in [1.82, 2.24) is 4.98 Å². The van der Waals surface area contributed by atoms with E-state index in [2.05, 4.69) is 4.98 Å². The maximum atomic E-state index is 13.8. The molecule has 0 N–H and O–H groups in total. The summed E-state index contributed by atoms with van der Waals surface area (Å²) in [5.41, 5.74) is 1.17. The van der Waals surface area contributed by atoms with Crippen LogP contribution in [0.2, 0.25) is 0 Å². The summed E-state index contributed by atoms with van der Waals surface area (Å²) in [5, 5.41) is 0.624. The number of benzene rings is 2. The zero-order chi connectivity index (χ0) is 25.7. The van der Waals surface area contributed by atoms with Crippen molar-refractivity contribution >= 4 is 39.1 Å². The number of methoxy groups -OCH3 is 3. The summed E-state index contributed by atoms with van der Waals surface area (Å²) in [4.78, 5) is 46.0. The molecule has 184 valence electrons. The monoisotopic (exact) mass is 506 g/mol. The second-order valence-corrected chi connectivity index (χ2v) is 9.15. The van der Waals surface area contributed by atoms with Crippen LogP contribution in [0.4, 0.5) is 5.13 Å². The molecule has 3 heterocycles. The molecule has 0 aliphatic carbocycles. The molecular formula is C26H22N2O7S. The first-order valence-corrected chi connectivity index (χ1v) is 11.8. The van der Waals surface area contributed by atoms with Crippen molar-refractivity contribution in [3.63, 3.8) is 0 Å². The van der Waals surface area contributed by atoms with E-state index in [0.29, 0.717) is 44.4 Å². The number of rotatable bonds is 6. The molecule has 0 saturated heterocycles. The molecule has 1 amide bonds. The number of fused-ring (bicyclic) bond motifs is 2. The van der Waals surface area contributed by atoms with E-state index in [9.17, 15) is 14.4 Å². The standard InChI is InChI=1S/C26H22N2O7S/c1-12-24(13(2)29)36-26(27-12)28-20(14-10-17(32-3)22(34-5)18(11-14)33-4)19-21(30)15-8-6-7-9-16(15)35-23(19)25(28)31/h6-11,20H,1-5H3/t20-/m0/s1. The van der Waals surface area contributed by atoms with Gasteiger partial charge in [-0.05, 0) is 36.8 Å². The molecule has 0 fully saturated rings. The Balaban J connectivity index is 1.83. The topological polar surface area (TPSA) is 108 Å². The van der Waals surface area contributed by atoms with E-state index in [0.717, 1.165) is 11.3 Å². The molecule has 0 spiro atoms. The van der Waals surface area contributed by atoms with Gasteiger partial charge >= 0.3 is 0 Å². The van der Waals surface area contributed by atoms with Crippen LogP contribution in [0.15, 0.2) is 45.6 Å². The van der Waals surface area contributed by atoms with Gasteiger partial charge in [-0.15, -0.1) is 0 Å². The number of thiazole rings is 1. The predicted octanol–water partition coefficient (Wildman–Crippen LogP) is 4.54. The molecule has 0 bridgehead atoms. The first kappa shape index (κ1) is 23.6. The average molecular weight is 507 g/mol. The van der Waals surface area contributed by atoms with Crippen LogP contribution in [0.5, 0.6) is 17.2 Å². The highest BCUT2D eigenvalue weighted by Gasteiger charge is 2.45. The third-order valence-corrected chi connectivity index (χ3v) is 7.35. The number of aromatic nitrogens is 1. The maximum Gasteiger partial charge on any atom is 0.297 e. The van der Waals surface area contributed by atoms with E-state index >= 15 is 0 Å². The van der Waals surface area contributed by atoms with Gasteiger partial charge in [0.15, 0.2) is 27.8 Å². The Bertz CT molecular complexity index is 1580. The summed E-state index contributed by atoms with van der Waals surface area (Å²) in [6.45, 7) is 3.15. The van der Waals surface area contributed by atoms with E-state index in [1.165, 1.54) is 33.2 Å². The van der Waals surface area contributed by atoms with Crippen molar-refractivity contribution in [3.8, 4) is 17.2 Å². The Labute approximate surface area is 209 Å². The summed E-state index contributed by atoms with van der Waals surface area (Å²) < 4.78 is 22.5. The maximum absolute atomic E-state index is 13.8. The summed E-state index contributed by atoms with van der Waals surface area (Å²) in [5.74, 6) is 0.319. The molecule has 2 aromatic heterocycles. The van der Waals surface area contributed by atoms with Gasteiger partial charge in [-0.3, -0.25) is 19.3 Å². The molecule has 1 aliphatic heterocycles. The van der Waals surface area contributed by atoms with E-state index in [1.54, 1.807) is 43.3 Å². The molecule has 1 aliphatic rings. The zero-order valence-corrected chi connectivity index (χ0v) is 21.0. The SMILES string of the molecule is COc1cc([C@H]2c3c(oc4ccccc4c3=O)C(=O)N2c2nc(C)c(C(C)=O)s2)cc(OC)c1OC. The number of carbonyl (C=O) groups excluding carboxylic acids is 2. The van der Waals surface area contributed by atoms with Gasteiger partial charge in [0.1, 0.15) is 5.58 Å². The van der Waals surface area contributed by atoms with Crippen LogP contribution in [-0.4, -0.2) is 38.0 Å². The van der Waals surface area contributed by atoms with Crippen molar-refractivity contribution in [3.05, 3.63) is 74.1 Å². The molecule has 9 nitrogen and oxygen atoms in total. The van der Waals surface area contributed by atoms with Gasteiger partial charge in [0.2, 0.25) is 11.5 Å². The number of para-hydroxylation sites is 1. The number of nitrogens with zero attached hydrogens (tertiary/aromatic N) is 2. The third-order valence-electron chi connectivity index (χ3n) is 6.09. The van der Waals surface area contributed by atoms with Crippen LogP contribution >= 0.6 is 11.3 Å². The van der Waals surface area contributed by atoms with Crippen molar-refractivity contribution in [2.24, 2.45) is 0 Å². The number of hydrogen-bond donors (Lipinski definition) is 0. The lowest BCUT2D eigenvalue weighted by Gasteiger charge is -2.24. The molecule has 2 aromatic carbocycles. The number of hydrogen-bond acceptors (Lipinski definition) is 9. The van der Waals surface area contributed by atoms with Gasteiger partial charge in [0, 0.05) is 6.92 Å². The second-order valence-electron chi connectivity index (χ2n) is 8.17. The van der Waals surface area contributed by atoms with E-state index in [4.69, 9.17) is 18.6 Å². The second kappa shape index (κ2) is 8.80. The molecule has 0 radical (unpaired) electrons. The first-order chi connectivity index (χ1) is 17.3. The minimum Gasteiger partial charge on any atom is -0.493 e. The van der Waals surface area contributed by atoms with Crippen molar-refractivity contribution in [1.29, 1.82) is 0 Å². The minimum atomic E-state index is -0.910. The third kappa shape index (κ3) is 3.44. The number of ether oxygens (including phenoxy) is 3. The van der Waals surface area contributed by atoms with E-state index in [-0.39, 0.29) is 27.7 Å². The van der Waals surface area contributed by atoms with Crippen LogP contribution in [0, 0.1) is 6.92 Å². The molecule has 0 saturated carbocycles. The number of amides is 1. The van der Waals surface area contributed by atoms with Crippen LogP contribution in [0.25, 0.3) is 11.0 Å². The molecule has 5 rings (SSSR count). The fraction of sp³-hybridized carbons (Fsp3) is 0.231. The number of anilines is 1. The van der Waals surface area contributed by atoms with Crippen molar-refractivity contribution in [2.75, 3.05) is 26.2 Å². The Hall–Kier alpha value is -4.18. The Morgan fingerprint density at radius 1 is 1.06 bits per heavy atom. The van der Waals surface area contributed by atoms with Crippen LogP contribution in [0.1, 0.15) is 50.0 Å². The summed E-state index contributed by atoms with van der Waals surface area (Å²) in [6.07, 6.45) is 0. The Morgan fingerprint density at radius 2 is 1.72 bits per heavy atom. The molecule has 1 atom stereocenters. The van der Waals surface area contributed by atoms with Crippen LogP contribution in [0.3, 0.4) is 0 Å². The normalized spacial score (nSPS) is 14.8. The molecule has 4 aromatic rings.